The highest BCUT2D eigenvalue weighted by atomic mass is 35.5. The van der Waals surface area contributed by atoms with Crippen LogP contribution in [0.1, 0.15) is 41.7 Å². The second-order valence-corrected chi connectivity index (χ2v) is 7.44. The number of rotatable bonds is 2. The quantitative estimate of drug-likeness (QED) is 0.758. The summed E-state index contributed by atoms with van der Waals surface area (Å²) in [6.07, 6.45) is -0.555. The number of nitrogens with zero attached hydrogens (tertiary/aromatic N) is 4. The van der Waals surface area contributed by atoms with E-state index in [-0.39, 0.29) is 28.4 Å². The Morgan fingerprint density at radius 1 is 1.21 bits per heavy atom. The number of piperidine rings is 1. The number of likely N-dealkylation sites (tertiary alicyclic amines) is 2. The van der Waals surface area contributed by atoms with E-state index in [1.54, 1.807) is 0 Å². The van der Waals surface area contributed by atoms with Crippen molar-refractivity contribution >= 4 is 29.1 Å². The molecule has 6 nitrogen and oxygen atoms in total. The molecule has 2 amide bonds. The zero-order valence-corrected chi connectivity index (χ0v) is 15.6. The van der Waals surface area contributed by atoms with Crippen molar-refractivity contribution < 1.29 is 22.8 Å². The molecule has 0 N–H and O–H groups in total. The fraction of sp³-hybridized carbons (Fsp3) is 0.500. The number of carbonyl (C=O) groups excluding carboxylic acids is 2. The summed E-state index contributed by atoms with van der Waals surface area (Å²) in [6, 6.07) is 2.23. The van der Waals surface area contributed by atoms with Crippen LogP contribution in [0.15, 0.2) is 18.3 Å². The molecule has 4 rings (SSSR count). The molecule has 10 heteroatoms. The van der Waals surface area contributed by atoms with Crippen molar-refractivity contribution in [3.05, 3.63) is 34.7 Å². The third-order valence-electron chi connectivity index (χ3n) is 5.40. The summed E-state index contributed by atoms with van der Waals surface area (Å²) in [7, 11) is 0. The zero-order valence-electron chi connectivity index (χ0n) is 14.9. The Labute approximate surface area is 163 Å². The van der Waals surface area contributed by atoms with Crippen LogP contribution in [0.4, 0.5) is 13.2 Å². The molecule has 150 valence electrons. The maximum atomic E-state index is 13.2. The molecule has 2 aliphatic rings. The first-order valence-electron chi connectivity index (χ1n) is 9.10. The van der Waals surface area contributed by atoms with E-state index >= 15 is 0 Å². The number of amides is 2. The molecule has 0 saturated carbocycles. The molecular weight excluding hydrogens is 397 g/mol. The van der Waals surface area contributed by atoms with Gasteiger partial charge in [0, 0.05) is 38.3 Å². The first kappa shape index (κ1) is 19.0. The van der Waals surface area contributed by atoms with Gasteiger partial charge in [-0.3, -0.25) is 14.0 Å². The van der Waals surface area contributed by atoms with E-state index in [1.807, 2.05) is 4.90 Å². The van der Waals surface area contributed by atoms with Crippen LogP contribution in [0.2, 0.25) is 5.15 Å². The van der Waals surface area contributed by atoms with Gasteiger partial charge in [0.05, 0.1) is 5.56 Å². The van der Waals surface area contributed by atoms with Gasteiger partial charge >= 0.3 is 6.18 Å². The molecule has 0 radical (unpaired) electrons. The topological polar surface area (TPSA) is 57.9 Å². The predicted octanol–water partition coefficient (Wildman–Crippen LogP) is 3.23. The van der Waals surface area contributed by atoms with E-state index in [2.05, 4.69) is 4.98 Å². The fourth-order valence-corrected chi connectivity index (χ4v) is 4.24. The fourth-order valence-electron chi connectivity index (χ4n) is 3.98. The van der Waals surface area contributed by atoms with Gasteiger partial charge in [-0.2, -0.15) is 13.2 Å². The van der Waals surface area contributed by atoms with Crippen molar-refractivity contribution in [2.45, 2.75) is 37.9 Å². The van der Waals surface area contributed by atoms with Crippen molar-refractivity contribution in [3.8, 4) is 0 Å². The first-order chi connectivity index (χ1) is 13.3. The van der Waals surface area contributed by atoms with E-state index in [9.17, 15) is 22.8 Å². The summed E-state index contributed by atoms with van der Waals surface area (Å²) < 4.78 is 40.7. The third kappa shape index (κ3) is 3.21. The lowest BCUT2D eigenvalue weighted by Crippen LogP contribution is -2.47. The van der Waals surface area contributed by atoms with Crippen molar-refractivity contribution in [2.75, 3.05) is 19.6 Å². The van der Waals surface area contributed by atoms with E-state index < -0.39 is 17.6 Å². The van der Waals surface area contributed by atoms with E-state index in [4.69, 9.17) is 11.6 Å². The van der Waals surface area contributed by atoms with Crippen LogP contribution < -0.4 is 0 Å². The van der Waals surface area contributed by atoms with Gasteiger partial charge in [0.25, 0.3) is 5.91 Å². The molecule has 2 fully saturated rings. The largest absolute Gasteiger partial charge is 0.419 e. The van der Waals surface area contributed by atoms with E-state index in [0.29, 0.717) is 32.4 Å². The van der Waals surface area contributed by atoms with Crippen LogP contribution in [-0.2, 0) is 11.0 Å². The lowest BCUT2D eigenvalue weighted by Gasteiger charge is -2.36. The Morgan fingerprint density at radius 3 is 2.54 bits per heavy atom. The maximum Gasteiger partial charge on any atom is 0.419 e. The van der Waals surface area contributed by atoms with Gasteiger partial charge in [-0.25, -0.2) is 4.98 Å². The lowest BCUT2D eigenvalue weighted by molar-refractivity contribution is -0.136. The molecule has 2 aromatic heterocycles. The number of hydrogen-bond donors (Lipinski definition) is 0. The van der Waals surface area contributed by atoms with Crippen LogP contribution in [-0.4, -0.2) is 56.7 Å². The molecule has 0 unspecified atom stereocenters. The number of fused-ring (bicyclic) bond motifs is 1. The molecule has 0 aromatic carbocycles. The average molecular weight is 415 g/mol. The SMILES string of the molecule is O=C(c1nc2c(C(F)(F)F)cccn2c1Cl)N1CCC(N2CCCC2=O)CC1. The summed E-state index contributed by atoms with van der Waals surface area (Å²) in [5.74, 6) is -0.346. The minimum absolute atomic E-state index is 0.104. The molecule has 2 saturated heterocycles. The second-order valence-electron chi connectivity index (χ2n) is 7.08. The van der Waals surface area contributed by atoms with Crippen molar-refractivity contribution in [3.63, 3.8) is 0 Å². The Bertz CT molecular complexity index is 935. The molecule has 2 aromatic rings. The second kappa shape index (κ2) is 6.95. The molecule has 0 aliphatic carbocycles. The maximum absolute atomic E-state index is 13.2. The Balaban J connectivity index is 1.55. The van der Waals surface area contributed by atoms with Crippen molar-refractivity contribution in [1.29, 1.82) is 0 Å². The van der Waals surface area contributed by atoms with Gasteiger partial charge in [0.2, 0.25) is 5.91 Å². The normalized spacial score (nSPS) is 19.1. The Hall–Kier alpha value is -2.29. The van der Waals surface area contributed by atoms with E-state index in [0.717, 1.165) is 23.4 Å². The molecule has 2 aliphatic heterocycles. The highest BCUT2D eigenvalue weighted by Crippen LogP contribution is 2.34. The number of halogens is 4. The molecule has 0 spiro atoms. The minimum Gasteiger partial charge on any atom is -0.340 e. The van der Waals surface area contributed by atoms with Gasteiger partial charge in [0.15, 0.2) is 11.3 Å². The Morgan fingerprint density at radius 2 is 1.93 bits per heavy atom. The molecule has 28 heavy (non-hydrogen) atoms. The number of hydrogen-bond acceptors (Lipinski definition) is 3. The standard InChI is InChI=1S/C18H18ClF3N4O2/c19-15-14(23-16-12(18(20,21)22)3-1-8-26(15)16)17(28)24-9-5-11(6-10-24)25-7-2-4-13(25)27/h1,3,8,11H,2,4-7,9-10H2. The minimum atomic E-state index is -4.60. The molecular formula is C18H18ClF3N4O2. The van der Waals surface area contributed by atoms with Gasteiger partial charge in [-0.05, 0) is 31.4 Å². The molecule has 4 heterocycles. The number of pyridine rings is 1. The monoisotopic (exact) mass is 414 g/mol. The summed E-state index contributed by atoms with van der Waals surface area (Å²) in [6.45, 7) is 1.56. The molecule has 0 atom stereocenters. The van der Waals surface area contributed by atoms with Crippen molar-refractivity contribution in [1.82, 2.24) is 19.2 Å². The van der Waals surface area contributed by atoms with E-state index in [1.165, 1.54) is 17.2 Å². The number of carbonyl (C=O) groups is 2. The first-order valence-corrected chi connectivity index (χ1v) is 9.47. The van der Waals surface area contributed by atoms with Crippen LogP contribution in [0.25, 0.3) is 5.65 Å². The zero-order chi connectivity index (χ0) is 20.1. The van der Waals surface area contributed by atoms with Gasteiger partial charge in [-0.1, -0.05) is 11.6 Å². The number of imidazole rings is 1. The summed E-state index contributed by atoms with van der Waals surface area (Å²) in [5, 5.41) is -0.136. The van der Waals surface area contributed by atoms with Gasteiger partial charge in [0.1, 0.15) is 5.15 Å². The summed E-state index contributed by atoms with van der Waals surface area (Å²) >= 11 is 6.18. The average Bonchev–Trinajstić information content (AvgIpc) is 3.24. The predicted molar refractivity (Wildman–Crippen MR) is 95.1 cm³/mol. The van der Waals surface area contributed by atoms with Crippen LogP contribution in [0.5, 0.6) is 0 Å². The Kier molecular flexibility index (Phi) is 4.73. The molecule has 0 bridgehead atoms. The lowest BCUT2D eigenvalue weighted by atomic mass is 10.0. The number of alkyl halides is 3. The van der Waals surface area contributed by atoms with Crippen LogP contribution in [0, 0.1) is 0 Å². The summed E-state index contributed by atoms with van der Waals surface area (Å²) in [5.41, 5.74) is -1.52. The smallest absolute Gasteiger partial charge is 0.340 e. The highest BCUT2D eigenvalue weighted by molar-refractivity contribution is 6.33. The van der Waals surface area contributed by atoms with Crippen molar-refractivity contribution in [2.24, 2.45) is 0 Å². The van der Waals surface area contributed by atoms with Gasteiger partial charge in [-0.15, -0.1) is 0 Å². The van der Waals surface area contributed by atoms with Crippen LogP contribution >= 0.6 is 11.6 Å². The van der Waals surface area contributed by atoms with Crippen LogP contribution in [0.3, 0.4) is 0 Å². The number of aromatic nitrogens is 2. The highest BCUT2D eigenvalue weighted by Gasteiger charge is 2.37. The third-order valence-corrected chi connectivity index (χ3v) is 5.76. The summed E-state index contributed by atoms with van der Waals surface area (Å²) in [4.78, 5) is 32.1. The van der Waals surface area contributed by atoms with Gasteiger partial charge < -0.3 is 9.80 Å².